The topological polar surface area (TPSA) is 21.6 Å². The van der Waals surface area contributed by atoms with E-state index in [0.717, 1.165) is 11.1 Å². The van der Waals surface area contributed by atoms with E-state index in [2.05, 4.69) is 5.16 Å². The quantitative estimate of drug-likeness (QED) is 0.653. The van der Waals surface area contributed by atoms with Gasteiger partial charge >= 0.3 is 6.18 Å². The number of nitrogens with zero attached hydrogens (tertiary/aromatic N) is 1. The highest BCUT2D eigenvalue weighted by Crippen LogP contribution is 2.49. The van der Waals surface area contributed by atoms with Gasteiger partial charge in [-0.3, -0.25) is 0 Å². The maximum atomic E-state index is 14.1. The van der Waals surface area contributed by atoms with Crippen molar-refractivity contribution in [3.8, 4) is 0 Å². The fourth-order valence-corrected chi connectivity index (χ4v) is 3.10. The summed E-state index contributed by atoms with van der Waals surface area (Å²) < 4.78 is 55.3. The molecule has 0 radical (unpaired) electrons. The maximum absolute atomic E-state index is 14.1. The SMILES string of the molecule is CCc1cc(CC)cc(C2(C(F)(F)F)CC(c3ccc(F)cc3)=NO2)c1. The van der Waals surface area contributed by atoms with Gasteiger partial charge in [0, 0.05) is 12.0 Å². The Kier molecular flexibility index (Phi) is 4.78. The van der Waals surface area contributed by atoms with Crippen LogP contribution in [0.5, 0.6) is 0 Å². The van der Waals surface area contributed by atoms with Crippen molar-refractivity contribution in [1.82, 2.24) is 0 Å². The number of rotatable bonds is 4. The fraction of sp³-hybridized carbons (Fsp3) is 0.350. The van der Waals surface area contributed by atoms with Crippen molar-refractivity contribution in [2.45, 2.75) is 44.9 Å². The first-order valence-electron chi connectivity index (χ1n) is 8.50. The second-order valence-corrected chi connectivity index (χ2v) is 6.38. The van der Waals surface area contributed by atoms with Crippen LogP contribution in [-0.4, -0.2) is 11.9 Å². The molecule has 0 bridgehead atoms. The highest BCUT2D eigenvalue weighted by atomic mass is 19.4. The molecule has 0 aliphatic carbocycles. The van der Waals surface area contributed by atoms with Crippen molar-refractivity contribution >= 4 is 5.71 Å². The molecular formula is C20H19F4NO. The molecule has 1 aliphatic heterocycles. The molecule has 1 unspecified atom stereocenters. The molecule has 0 fully saturated rings. The Hall–Kier alpha value is -2.37. The van der Waals surface area contributed by atoms with E-state index in [0.29, 0.717) is 18.4 Å². The highest BCUT2D eigenvalue weighted by Gasteiger charge is 2.62. The largest absolute Gasteiger partial charge is 0.435 e. The van der Waals surface area contributed by atoms with Gasteiger partial charge in [0.2, 0.25) is 0 Å². The number of halogens is 4. The summed E-state index contributed by atoms with van der Waals surface area (Å²) in [6.07, 6.45) is -3.84. The summed E-state index contributed by atoms with van der Waals surface area (Å²) in [5.74, 6) is -0.460. The molecule has 0 spiro atoms. The lowest BCUT2D eigenvalue weighted by Gasteiger charge is -2.30. The van der Waals surface area contributed by atoms with Crippen molar-refractivity contribution in [2.24, 2.45) is 5.16 Å². The van der Waals surface area contributed by atoms with E-state index in [-0.39, 0.29) is 11.3 Å². The lowest BCUT2D eigenvalue weighted by atomic mass is 9.84. The molecule has 0 N–H and O–H groups in total. The zero-order valence-electron chi connectivity index (χ0n) is 14.5. The molecule has 0 aromatic heterocycles. The number of hydrogen-bond donors (Lipinski definition) is 0. The van der Waals surface area contributed by atoms with Crippen LogP contribution >= 0.6 is 0 Å². The van der Waals surface area contributed by atoms with Gasteiger partial charge in [-0.05, 0) is 41.7 Å². The zero-order valence-corrected chi connectivity index (χ0v) is 14.5. The van der Waals surface area contributed by atoms with Gasteiger partial charge in [0.1, 0.15) is 5.82 Å². The smallest absolute Gasteiger partial charge is 0.374 e. The van der Waals surface area contributed by atoms with Crippen molar-refractivity contribution in [2.75, 3.05) is 0 Å². The maximum Gasteiger partial charge on any atom is 0.435 e. The molecular weight excluding hydrogens is 346 g/mol. The second-order valence-electron chi connectivity index (χ2n) is 6.38. The predicted octanol–water partition coefficient (Wildman–Crippen LogP) is 5.53. The first-order chi connectivity index (χ1) is 12.3. The average molecular weight is 365 g/mol. The summed E-state index contributed by atoms with van der Waals surface area (Å²) in [6.45, 7) is 3.80. The van der Waals surface area contributed by atoms with Crippen LogP contribution in [0.2, 0.25) is 0 Å². The minimum absolute atomic E-state index is 0.0575. The molecule has 0 saturated heterocycles. The van der Waals surface area contributed by atoms with Gasteiger partial charge in [0.15, 0.2) is 0 Å². The Balaban J connectivity index is 2.05. The van der Waals surface area contributed by atoms with Gasteiger partial charge in [-0.2, -0.15) is 13.2 Å². The molecule has 0 saturated carbocycles. The Bertz CT molecular complexity index is 804. The normalized spacial score (nSPS) is 20.0. The molecule has 138 valence electrons. The Labute approximate surface area is 149 Å². The van der Waals surface area contributed by atoms with E-state index in [9.17, 15) is 17.6 Å². The van der Waals surface area contributed by atoms with Crippen LogP contribution < -0.4 is 0 Å². The third kappa shape index (κ3) is 3.20. The van der Waals surface area contributed by atoms with Gasteiger partial charge in [0.05, 0.1) is 5.71 Å². The molecule has 1 atom stereocenters. The summed E-state index contributed by atoms with van der Waals surface area (Å²) in [5.41, 5.74) is -0.251. The van der Waals surface area contributed by atoms with Gasteiger partial charge in [-0.1, -0.05) is 49.3 Å². The number of benzene rings is 2. The molecule has 2 nitrogen and oxygen atoms in total. The summed E-state index contributed by atoms with van der Waals surface area (Å²) in [5, 5.41) is 3.72. The van der Waals surface area contributed by atoms with Gasteiger partial charge in [-0.25, -0.2) is 4.39 Å². The minimum Gasteiger partial charge on any atom is -0.374 e. The van der Waals surface area contributed by atoms with Crippen LogP contribution in [0, 0.1) is 5.82 Å². The molecule has 26 heavy (non-hydrogen) atoms. The van der Waals surface area contributed by atoms with E-state index in [4.69, 9.17) is 4.84 Å². The van der Waals surface area contributed by atoms with E-state index >= 15 is 0 Å². The highest BCUT2D eigenvalue weighted by molar-refractivity contribution is 6.01. The molecule has 6 heteroatoms. The van der Waals surface area contributed by atoms with Crippen molar-refractivity contribution < 1.29 is 22.4 Å². The van der Waals surface area contributed by atoms with E-state index in [1.807, 2.05) is 19.9 Å². The fourth-order valence-electron chi connectivity index (χ4n) is 3.10. The van der Waals surface area contributed by atoms with Crippen molar-refractivity contribution in [3.63, 3.8) is 0 Å². The standard InChI is InChI=1S/C20H19F4NO/c1-3-13-9-14(4-2)11-16(10-13)19(20(22,23)24)12-18(25-26-19)15-5-7-17(21)8-6-15/h5-11H,3-4,12H2,1-2H3. The summed E-state index contributed by atoms with van der Waals surface area (Å²) in [4.78, 5) is 5.06. The monoisotopic (exact) mass is 365 g/mol. The third-order valence-corrected chi connectivity index (χ3v) is 4.70. The van der Waals surface area contributed by atoms with E-state index in [1.54, 1.807) is 0 Å². The number of aryl methyl sites for hydroxylation is 2. The predicted molar refractivity (Wildman–Crippen MR) is 91.6 cm³/mol. The molecule has 2 aromatic rings. The van der Waals surface area contributed by atoms with Crippen LogP contribution in [0.1, 0.15) is 42.5 Å². The summed E-state index contributed by atoms with van der Waals surface area (Å²) in [7, 11) is 0. The molecule has 1 heterocycles. The molecule has 3 rings (SSSR count). The van der Waals surface area contributed by atoms with Crippen LogP contribution in [0.3, 0.4) is 0 Å². The van der Waals surface area contributed by atoms with Crippen LogP contribution in [-0.2, 0) is 23.3 Å². The minimum atomic E-state index is -4.64. The van der Waals surface area contributed by atoms with Crippen molar-refractivity contribution in [1.29, 1.82) is 0 Å². The van der Waals surface area contributed by atoms with E-state index < -0.39 is 24.0 Å². The first kappa shape index (κ1) is 18.4. The third-order valence-electron chi connectivity index (χ3n) is 4.70. The lowest BCUT2D eigenvalue weighted by Crippen LogP contribution is -2.42. The van der Waals surface area contributed by atoms with Gasteiger partial charge in [-0.15, -0.1) is 0 Å². The van der Waals surface area contributed by atoms with Crippen LogP contribution in [0.25, 0.3) is 0 Å². The lowest BCUT2D eigenvalue weighted by molar-refractivity contribution is -0.275. The van der Waals surface area contributed by atoms with E-state index in [1.165, 1.54) is 36.4 Å². The van der Waals surface area contributed by atoms with Gasteiger partial charge in [0.25, 0.3) is 5.60 Å². The number of hydrogen-bond acceptors (Lipinski definition) is 2. The molecule has 0 amide bonds. The van der Waals surface area contributed by atoms with Crippen LogP contribution in [0.4, 0.5) is 17.6 Å². The Morgan fingerprint density at radius 1 is 1.00 bits per heavy atom. The summed E-state index contributed by atoms with van der Waals surface area (Å²) in [6, 6.07) is 10.2. The Morgan fingerprint density at radius 3 is 2.08 bits per heavy atom. The Morgan fingerprint density at radius 2 is 1.58 bits per heavy atom. The summed E-state index contributed by atoms with van der Waals surface area (Å²) >= 11 is 0. The zero-order chi connectivity index (χ0) is 18.9. The molecule has 2 aromatic carbocycles. The number of oxime groups is 1. The molecule has 1 aliphatic rings. The van der Waals surface area contributed by atoms with Crippen LogP contribution in [0.15, 0.2) is 47.6 Å². The van der Waals surface area contributed by atoms with Crippen molar-refractivity contribution in [3.05, 3.63) is 70.5 Å². The number of alkyl halides is 3. The first-order valence-corrected chi connectivity index (χ1v) is 8.50. The van der Waals surface area contributed by atoms with Gasteiger partial charge < -0.3 is 4.84 Å². The second kappa shape index (κ2) is 6.74. The average Bonchev–Trinajstić information content (AvgIpc) is 3.08.